The topological polar surface area (TPSA) is 44.8 Å². The van der Waals surface area contributed by atoms with E-state index in [4.69, 9.17) is 14.2 Å². The third-order valence-electron chi connectivity index (χ3n) is 7.17. The summed E-state index contributed by atoms with van der Waals surface area (Å²) in [5.74, 6) is 1.41. The van der Waals surface area contributed by atoms with Crippen molar-refractivity contribution in [3.05, 3.63) is 77.4 Å². The average Bonchev–Trinajstić information content (AvgIpc) is 2.77. The number of esters is 1. The van der Waals surface area contributed by atoms with Gasteiger partial charge in [0.15, 0.2) is 0 Å². The molecule has 4 nitrogen and oxygen atoms in total. The smallest absolute Gasteiger partial charge is 0.338 e. The molecule has 4 heteroatoms. The molecule has 2 aromatic carbocycles. The van der Waals surface area contributed by atoms with Gasteiger partial charge < -0.3 is 14.2 Å². The molecule has 30 heavy (non-hydrogen) atoms. The maximum atomic E-state index is 12.6. The minimum Gasteiger partial charge on any atom is -0.497 e. The molecule has 0 radical (unpaired) electrons. The van der Waals surface area contributed by atoms with E-state index < -0.39 is 0 Å². The lowest BCUT2D eigenvalue weighted by atomic mass is 9.56. The van der Waals surface area contributed by atoms with Crippen molar-refractivity contribution in [3.63, 3.8) is 0 Å². The molecule has 2 aromatic rings. The van der Waals surface area contributed by atoms with Gasteiger partial charge in [-0.25, -0.2) is 4.79 Å². The zero-order valence-corrected chi connectivity index (χ0v) is 18.1. The normalized spacial score (nSPS) is 30.3. The third kappa shape index (κ3) is 3.54. The number of hydrogen-bond acceptors (Lipinski definition) is 4. The van der Waals surface area contributed by atoms with Crippen LogP contribution < -0.4 is 4.74 Å². The number of carbonyl (C=O) groups is 1. The molecule has 1 fully saturated rings. The summed E-state index contributed by atoms with van der Waals surface area (Å²) >= 11 is 0. The average molecular weight is 407 g/mol. The summed E-state index contributed by atoms with van der Waals surface area (Å²) in [6.45, 7) is 7.62. The summed E-state index contributed by atoms with van der Waals surface area (Å²) in [5.41, 5.74) is 2.86. The van der Waals surface area contributed by atoms with Crippen LogP contribution in [-0.2, 0) is 9.47 Å². The van der Waals surface area contributed by atoms with Crippen molar-refractivity contribution in [2.75, 3.05) is 20.3 Å². The van der Waals surface area contributed by atoms with Crippen molar-refractivity contribution in [3.8, 4) is 5.75 Å². The van der Waals surface area contributed by atoms with Crippen molar-refractivity contribution in [2.24, 2.45) is 23.2 Å². The fraction of sp³-hybridized carbons (Fsp3) is 0.423. The molecule has 2 bridgehead atoms. The third-order valence-corrected chi connectivity index (χ3v) is 7.17. The van der Waals surface area contributed by atoms with Crippen molar-refractivity contribution < 1.29 is 19.0 Å². The molecule has 0 amide bonds. The van der Waals surface area contributed by atoms with Gasteiger partial charge in [-0.1, -0.05) is 55.8 Å². The second-order valence-electron chi connectivity index (χ2n) is 8.69. The molecular weight excluding hydrogens is 376 g/mol. The van der Waals surface area contributed by atoms with Gasteiger partial charge in [0, 0.05) is 11.3 Å². The zero-order chi connectivity index (χ0) is 21.3. The van der Waals surface area contributed by atoms with Crippen LogP contribution in [0.25, 0.3) is 0 Å². The van der Waals surface area contributed by atoms with E-state index >= 15 is 0 Å². The monoisotopic (exact) mass is 406 g/mol. The molecule has 2 aliphatic rings. The van der Waals surface area contributed by atoms with Crippen LogP contribution in [0.5, 0.6) is 5.75 Å². The summed E-state index contributed by atoms with van der Waals surface area (Å²) in [5, 5.41) is 0. The van der Waals surface area contributed by atoms with Gasteiger partial charge in [0.05, 0.1) is 25.4 Å². The van der Waals surface area contributed by atoms with E-state index in [-0.39, 0.29) is 29.3 Å². The molecule has 5 atom stereocenters. The first-order valence-corrected chi connectivity index (χ1v) is 10.6. The van der Waals surface area contributed by atoms with Crippen LogP contribution in [0.3, 0.4) is 0 Å². The maximum Gasteiger partial charge on any atom is 0.338 e. The quantitative estimate of drug-likeness (QED) is 0.489. The number of allylic oxidation sites excluding steroid dienone is 1. The van der Waals surface area contributed by atoms with Crippen LogP contribution in [0.1, 0.15) is 42.8 Å². The van der Waals surface area contributed by atoms with Crippen LogP contribution in [0.2, 0.25) is 0 Å². The Bertz CT molecular complexity index is 918. The Morgan fingerprint density at radius 2 is 1.80 bits per heavy atom. The highest BCUT2D eigenvalue weighted by Crippen LogP contribution is 2.56. The van der Waals surface area contributed by atoms with Crippen LogP contribution in [0, 0.1) is 23.2 Å². The second-order valence-corrected chi connectivity index (χ2v) is 8.69. The van der Waals surface area contributed by atoms with Crippen molar-refractivity contribution in [1.82, 2.24) is 0 Å². The molecular formula is C26H30O4. The van der Waals surface area contributed by atoms with E-state index in [0.717, 1.165) is 11.3 Å². The summed E-state index contributed by atoms with van der Waals surface area (Å²) in [4.78, 5) is 12.6. The number of fused-ring (bicyclic) bond motifs is 2. The minimum absolute atomic E-state index is 0.00685. The molecule has 1 heterocycles. The summed E-state index contributed by atoms with van der Waals surface area (Å²) in [6.07, 6.45) is 2.34. The Labute approximate surface area is 178 Å². The van der Waals surface area contributed by atoms with Crippen molar-refractivity contribution in [1.29, 1.82) is 0 Å². The minimum atomic E-state index is -0.274. The lowest BCUT2D eigenvalue weighted by molar-refractivity contribution is -0.166. The molecule has 4 rings (SSSR count). The Kier molecular flexibility index (Phi) is 5.70. The maximum absolute atomic E-state index is 12.6. The van der Waals surface area contributed by atoms with Gasteiger partial charge in [-0.3, -0.25) is 0 Å². The number of carbonyl (C=O) groups excluding carboxylic acids is 1. The summed E-state index contributed by atoms with van der Waals surface area (Å²) in [7, 11) is 1.68. The highest BCUT2D eigenvalue weighted by Gasteiger charge is 2.54. The fourth-order valence-electron chi connectivity index (χ4n) is 5.21. The van der Waals surface area contributed by atoms with Gasteiger partial charge >= 0.3 is 5.97 Å². The Morgan fingerprint density at radius 3 is 2.47 bits per heavy atom. The Balaban J connectivity index is 1.57. The first kappa shape index (κ1) is 20.7. The number of benzene rings is 2. The molecule has 0 spiro atoms. The van der Waals surface area contributed by atoms with Crippen LogP contribution >= 0.6 is 0 Å². The standard InChI is InChI=1S/C26H30O4/c1-17-14-18(2)26(16-30-25(27)21-8-6-5-7-9-21)15-29-24(23(17)19(26)3)20-10-12-22(28-4)13-11-20/h5-14,18-19,23-24H,15-16H2,1-4H3/t18-,19-,23-,24+,26-/m0/s1. The number of methoxy groups -OCH3 is 1. The summed E-state index contributed by atoms with van der Waals surface area (Å²) in [6, 6.07) is 17.3. The highest BCUT2D eigenvalue weighted by molar-refractivity contribution is 5.89. The fourth-order valence-corrected chi connectivity index (χ4v) is 5.21. The van der Waals surface area contributed by atoms with Crippen molar-refractivity contribution >= 4 is 5.97 Å². The number of rotatable bonds is 5. The molecule has 0 saturated carbocycles. The van der Waals surface area contributed by atoms with Gasteiger partial charge in [-0.2, -0.15) is 0 Å². The van der Waals surface area contributed by atoms with Gasteiger partial charge in [-0.15, -0.1) is 0 Å². The zero-order valence-electron chi connectivity index (χ0n) is 18.1. The predicted molar refractivity (Wildman–Crippen MR) is 116 cm³/mol. The predicted octanol–water partition coefficient (Wildman–Crippen LogP) is 5.46. The second kappa shape index (κ2) is 8.27. The molecule has 1 aliphatic carbocycles. The van der Waals surface area contributed by atoms with Crippen LogP contribution in [-0.4, -0.2) is 26.3 Å². The molecule has 0 N–H and O–H groups in total. The van der Waals surface area contributed by atoms with Gasteiger partial charge in [0.1, 0.15) is 12.4 Å². The van der Waals surface area contributed by atoms with Crippen LogP contribution in [0.4, 0.5) is 0 Å². The van der Waals surface area contributed by atoms with E-state index in [1.54, 1.807) is 19.2 Å². The first-order chi connectivity index (χ1) is 14.5. The number of hydrogen-bond donors (Lipinski definition) is 0. The first-order valence-electron chi connectivity index (χ1n) is 10.6. The van der Waals surface area contributed by atoms with E-state index in [2.05, 4.69) is 39.0 Å². The highest BCUT2D eigenvalue weighted by atomic mass is 16.5. The Hall–Kier alpha value is -2.59. The van der Waals surface area contributed by atoms with E-state index in [1.165, 1.54) is 5.57 Å². The molecule has 0 unspecified atom stereocenters. The van der Waals surface area contributed by atoms with Gasteiger partial charge in [0.2, 0.25) is 0 Å². The Morgan fingerprint density at radius 1 is 1.10 bits per heavy atom. The van der Waals surface area contributed by atoms with E-state index in [9.17, 15) is 4.79 Å². The van der Waals surface area contributed by atoms with Crippen LogP contribution in [0.15, 0.2) is 66.2 Å². The molecule has 158 valence electrons. The number of ether oxygens (including phenoxy) is 3. The molecule has 0 aromatic heterocycles. The van der Waals surface area contributed by atoms with E-state index in [1.807, 2.05) is 30.3 Å². The summed E-state index contributed by atoms with van der Waals surface area (Å²) < 4.78 is 17.6. The van der Waals surface area contributed by atoms with Crippen molar-refractivity contribution in [2.45, 2.75) is 26.9 Å². The van der Waals surface area contributed by atoms with E-state index in [0.29, 0.717) is 24.7 Å². The SMILES string of the molecule is COc1ccc([C@H]2OC[C@]3(COC(=O)c4ccccc4)[C@@H](C)C=C(C)[C@H]2[C@@H]3C)cc1. The lowest BCUT2D eigenvalue weighted by Crippen LogP contribution is -2.54. The van der Waals surface area contributed by atoms with Gasteiger partial charge in [-0.05, 0) is 48.6 Å². The lowest BCUT2D eigenvalue weighted by Gasteiger charge is -2.55. The van der Waals surface area contributed by atoms with Gasteiger partial charge in [0.25, 0.3) is 0 Å². The molecule has 1 saturated heterocycles. The largest absolute Gasteiger partial charge is 0.497 e. The molecule has 1 aliphatic heterocycles.